The summed E-state index contributed by atoms with van der Waals surface area (Å²) in [6.07, 6.45) is 0. The maximum absolute atomic E-state index is 13.1. The van der Waals surface area contributed by atoms with Gasteiger partial charge in [0.1, 0.15) is 5.75 Å². The first-order valence-electron chi connectivity index (χ1n) is 8.52. The highest BCUT2D eigenvalue weighted by molar-refractivity contribution is 5.95. The van der Waals surface area contributed by atoms with Crippen LogP contribution in [0.3, 0.4) is 0 Å². The maximum Gasteiger partial charge on any atom is 0.310 e. The molecule has 2 rings (SSSR count). The first-order chi connectivity index (χ1) is 12.5. The Hall–Kier alpha value is -2.82. The van der Waals surface area contributed by atoms with Crippen LogP contribution >= 0.6 is 0 Å². The van der Waals surface area contributed by atoms with Crippen molar-refractivity contribution in [3.63, 3.8) is 0 Å². The highest BCUT2D eigenvalue weighted by atomic mass is 16.5. The molecule has 0 bridgehead atoms. The van der Waals surface area contributed by atoms with Gasteiger partial charge in [0.25, 0.3) is 5.91 Å². The van der Waals surface area contributed by atoms with Gasteiger partial charge < -0.3 is 14.4 Å². The van der Waals surface area contributed by atoms with Crippen LogP contribution in [0.15, 0.2) is 48.5 Å². The summed E-state index contributed by atoms with van der Waals surface area (Å²) >= 11 is 0. The molecule has 1 atom stereocenters. The lowest BCUT2D eigenvalue weighted by molar-refractivity contribution is -0.145. The van der Waals surface area contributed by atoms with Crippen LogP contribution in [-0.4, -0.2) is 37.5 Å². The van der Waals surface area contributed by atoms with Crippen molar-refractivity contribution in [2.45, 2.75) is 20.4 Å². The van der Waals surface area contributed by atoms with Gasteiger partial charge in [-0.15, -0.1) is 0 Å². The lowest BCUT2D eigenvalue weighted by atomic mass is 10.1. The van der Waals surface area contributed by atoms with E-state index in [-0.39, 0.29) is 18.4 Å². The molecule has 0 saturated heterocycles. The number of benzene rings is 2. The molecule has 0 heterocycles. The molecule has 2 aromatic carbocycles. The number of hydrogen-bond donors (Lipinski definition) is 0. The predicted molar refractivity (Wildman–Crippen MR) is 100 cm³/mol. The van der Waals surface area contributed by atoms with Crippen molar-refractivity contribution >= 4 is 11.9 Å². The molecule has 5 nitrogen and oxygen atoms in total. The minimum atomic E-state index is -0.411. The second-order valence-electron chi connectivity index (χ2n) is 6.27. The predicted octanol–water partition coefficient (Wildman–Crippen LogP) is 3.46. The highest BCUT2D eigenvalue weighted by Gasteiger charge is 2.23. The first-order valence-corrected chi connectivity index (χ1v) is 8.52. The van der Waals surface area contributed by atoms with Gasteiger partial charge in [0.15, 0.2) is 0 Å². The van der Waals surface area contributed by atoms with E-state index in [0.29, 0.717) is 12.1 Å². The van der Waals surface area contributed by atoms with Gasteiger partial charge in [-0.1, -0.05) is 37.3 Å². The van der Waals surface area contributed by atoms with Crippen LogP contribution in [0.5, 0.6) is 5.75 Å². The SMILES string of the molecule is COC(=O)C(C)CN(Cc1ccc(OC)cc1)C(=O)c1ccccc1C. The lowest BCUT2D eigenvalue weighted by Crippen LogP contribution is -2.37. The van der Waals surface area contributed by atoms with Crippen molar-refractivity contribution in [1.82, 2.24) is 4.90 Å². The monoisotopic (exact) mass is 355 g/mol. The minimum Gasteiger partial charge on any atom is -0.497 e. The van der Waals surface area contributed by atoms with Gasteiger partial charge >= 0.3 is 5.97 Å². The Bertz CT molecular complexity index is 755. The van der Waals surface area contributed by atoms with E-state index in [0.717, 1.165) is 16.9 Å². The molecule has 0 fully saturated rings. The molecule has 0 N–H and O–H groups in total. The summed E-state index contributed by atoms with van der Waals surface area (Å²) in [6.45, 7) is 4.35. The van der Waals surface area contributed by atoms with Crippen molar-refractivity contribution in [3.05, 3.63) is 65.2 Å². The Kier molecular flexibility index (Phi) is 6.78. The van der Waals surface area contributed by atoms with Crippen molar-refractivity contribution in [3.8, 4) is 5.75 Å². The zero-order valence-electron chi connectivity index (χ0n) is 15.7. The van der Waals surface area contributed by atoms with Crippen molar-refractivity contribution < 1.29 is 19.1 Å². The van der Waals surface area contributed by atoms with E-state index in [2.05, 4.69) is 0 Å². The summed E-state index contributed by atoms with van der Waals surface area (Å²) in [5.41, 5.74) is 2.51. The fourth-order valence-electron chi connectivity index (χ4n) is 2.76. The number of nitrogens with zero attached hydrogens (tertiary/aromatic N) is 1. The third-order valence-electron chi connectivity index (χ3n) is 4.29. The molecule has 0 spiro atoms. The molecule has 5 heteroatoms. The van der Waals surface area contributed by atoms with Gasteiger partial charge in [-0.2, -0.15) is 0 Å². The van der Waals surface area contributed by atoms with E-state index >= 15 is 0 Å². The molecule has 0 aliphatic heterocycles. The molecule has 2 aromatic rings. The first kappa shape index (κ1) is 19.5. The van der Waals surface area contributed by atoms with Gasteiger partial charge in [0, 0.05) is 18.7 Å². The van der Waals surface area contributed by atoms with Crippen LogP contribution in [0.1, 0.15) is 28.4 Å². The molecule has 1 amide bonds. The van der Waals surface area contributed by atoms with Crippen molar-refractivity contribution in [2.75, 3.05) is 20.8 Å². The van der Waals surface area contributed by atoms with Crippen LogP contribution in [0, 0.1) is 12.8 Å². The number of aryl methyl sites for hydroxylation is 1. The molecule has 0 saturated carbocycles. The summed E-state index contributed by atoms with van der Waals surface area (Å²) in [5.74, 6) is -0.0864. The zero-order chi connectivity index (χ0) is 19.1. The Morgan fingerprint density at radius 2 is 1.69 bits per heavy atom. The van der Waals surface area contributed by atoms with E-state index < -0.39 is 5.92 Å². The number of carbonyl (C=O) groups is 2. The number of ether oxygens (including phenoxy) is 2. The fraction of sp³-hybridized carbons (Fsp3) is 0.333. The molecule has 1 unspecified atom stereocenters. The van der Waals surface area contributed by atoms with E-state index in [1.807, 2.05) is 55.5 Å². The number of amides is 1. The third-order valence-corrected chi connectivity index (χ3v) is 4.29. The average molecular weight is 355 g/mol. The van der Waals surface area contributed by atoms with E-state index in [1.165, 1.54) is 7.11 Å². The zero-order valence-corrected chi connectivity index (χ0v) is 15.7. The van der Waals surface area contributed by atoms with Crippen molar-refractivity contribution in [1.29, 1.82) is 0 Å². The highest BCUT2D eigenvalue weighted by Crippen LogP contribution is 2.18. The summed E-state index contributed by atoms with van der Waals surface area (Å²) in [4.78, 5) is 26.6. The van der Waals surface area contributed by atoms with Crippen LogP contribution in [0.2, 0.25) is 0 Å². The standard InChI is InChI=1S/C21H25NO4/c1-15-7-5-6-8-19(15)20(23)22(13-16(2)21(24)26-4)14-17-9-11-18(25-3)12-10-17/h5-12,16H,13-14H2,1-4H3. The van der Waals surface area contributed by atoms with Crippen LogP contribution in [0.25, 0.3) is 0 Å². The summed E-state index contributed by atoms with van der Waals surface area (Å²) < 4.78 is 9.98. The number of methoxy groups -OCH3 is 2. The number of hydrogen-bond acceptors (Lipinski definition) is 4. The van der Waals surface area contributed by atoms with Gasteiger partial charge in [-0.05, 0) is 36.2 Å². The van der Waals surface area contributed by atoms with Crippen LogP contribution in [0.4, 0.5) is 0 Å². The van der Waals surface area contributed by atoms with E-state index in [1.54, 1.807) is 18.9 Å². The quantitative estimate of drug-likeness (QED) is 0.714. The third kappa shape index (κ3) is 4.85. The Morgan fingerprint density at radius 3 is 2.27 bits per heavy atom. The molecule has 26 heavy (non-hydrogen) atoms. The second-order valence-corrected chi connectivity index (χ2v) is 6.27. The molecule has 0 aliphatic rings. The Morgan fingerprint density at radius 1 is 1.04 bits per heavy atom. The molecular weight excluding hydrogens is 330 g/mol. The topological polar surface area (TPSA) is 55.8 Å². The van der Waals surface area contributed by atoms with Crippen molar-refractivity contribution in [2.24, 2.45) is 5.92 Å². The van der Waals surface area contributed by atoms with Gasteiger partial charge in [-0.25, -0.2) is 0 Å². The average Bonchev–Trinajstić information content (AvgIpc) is 2.67. The normalized spacial score (nSPS) is 11.5. The number of esters is 1. The lowest BCUT2D eigenvalue weighted by Gasteiger charge is -2.26. The van der Waals surface area contributed by atoms with Gasteiger partial charge in [0.2, 0.25) is 0 Å². The fourth-order valence-corrected chi connectivity index (χ4v) is 2.76. The summed E-state index contributed by atoms with van der Waals surface area (Å²) in [5, 5.41) is 0. The van der Waals surface area contributed by atoms with Crippen LogP contribution in [-0.2, 0) is 16.1 Å². The molecule has 0 radical (unpaired) electrons. The molecule has 138 valence electrons. The second kappa shape index (κ2) is 9.04. The molecule has 0 aliphatic carbocycles. The summed E-state index contributed by atoms with van der Waals surface area (Å²) in [6, 6.07) is 15.0. The Labute approximate surface area is 154 Å². The maximum atomic E-state index is 13.1. The number of carbonyl (C=O) groups excluding carboxylic acids is 2. The minimum absolute atomic E-state index is 0.102. The smallest absolute Gasteiger partial charge is 0.310 e. The van der Waals surface area contributed by atoms with E-state index in [4.69, 9.17) is 9.47 Å². The number of rotatable bonds is 7. The van der Waals surface area contributed by atoms with Gasteiger partial charge in [-0.3, -0.25) is 9.59 Å². The molecular formula is C21H25NO4. The summed E-state index contributed by atoms with van der Waals surface area (Å²) in [7, 11) is 2.97. The van der Waals surface area contributed by atoms with E-state index in [9.17, 15) is 9.59 Å². The van der Waals surface area contributed by atoms with Crippen LogP contribution < -0.4 is 4.74 Å². The Balaban J connectivity index is 2.26. The molecule has 0 aromatic heterocycles. The largest absolute Gasteiger partial charge is 0.497 e. The van der Waals surface area contributed by atoms with Gasteiger partial charge in [0.05, 0.1) is 20.1 Å².